The summed E-state index contributed by atoms with van der Waals surface area (Å²) in [7, 11) is 0. The molecule has 0 saturated carbocycles. The summed E-state index contributed by atoms with van der Waals surface area (Å²) in [6.45, 7) is 1.66. The van der Waals surface area contributed by atoms with Crippen molar-refractivity contribution in [2.75, 3.05) is 11.9 Å². The molecular weight excluding hydrogens is 271 g/mol. The third-order valence-electron chi connectivity index (χ3n) is 2.29. The van der Waals surface area contributed by atoms with Crippen LogP contribution in [0.1, 0.15) is 12.5 Å². The summed E-state index contributed by atoms with van der Waals surface area (Å²) in [6, 6.07) is 0.218. The molecular formula is C10H13ClF3N3O. The Morgan fingerprint density at radius 1 is 1.56 bits per heavy atom. The lowest BCUT2D eigenvalue weighted by Gasteiger charge is -2.16. The van der Waals surface area contributed by atoms with Crippen LogP contribution in [0.5, 0.6) is 0 Å². The van der Waals surface area contributed by atoms with Gasteiger partial charge in [0.1, 0.15) is 5.82 Å². The van der Waals surface area contributed by atoms with E-state index >= 15 is 0 Å². The maximum Gasteiger partial charge on any atom is 0.417 e. The van der Waals surface area contributed by atoms with Crippen LogP contribution in [-0.2, 0) is 6.18 Å². The average molecular weight is 284 g/mol. The molecule has 0 aliphatic heterocycles. The summed E-state index contributed by atoms with van der Waals surface area (Å²) in [5.41, 5.74) is 4.63. The molecule has 8 heteroatoms. The molecule has 0 bridgehead atoms. The molecule has 0 saturated heterocycles. The van der Waals surface area contributed by atoms with Gasteiger partial charge in [-0.15, -0.1) is 0 Å². The van der Waals surface area contributed by atoms with E-state index in [4.69, 9.17) is 22.4 Å². The van der Waals surface area contributed by atoms with Crippen molar-refractivity contribution in [3.63, 3.8) is 0 Å². The largest absolute Gasteiger partial charge is 0.417 e. The van der Waals surface area contributed by atoms with Gasteiger partial charge in [-0.1, -0.05) is 11.6 Å². The summed E-state index contributed by atoms with van der Waals surface area (Å²) in [5.74, 6) is 0.0979. The molecule has 0 aliphatic carbocycles. The van der Waals surface area contributed by atoms with Crippen LogP contribution in [0, 0.1) is 0 Å². The molecule has 0 radical (unpaired) electrons. The lowest BCUT2D eigenvalue weighted by Crippen LogP contribution is -2.38. The van der Waals surface area contributed by atoms with Gasteiger partial charge in [0, 0.05) is 18.8 Å². The van der Waals surface area contributed by atoms with Crippen LogP contribution in [0.2, 0.25) is 5.02 Å². The van der Waals surface area contributed by atoms with Crippen LogP contribution in [0.4, 0.5) is 19.0 Å². The summed E-state index contributed by atoms with van der Waals surface area (Å²) < 4.78 is 37.0. The first-order chi connectivity index (χ1) is 8.21. The number of nitrogens with two attached hydrogens (primary N) is 1. The second-order valence-electron chi connectivity index (χ2n) is 3.84. The van der Waals surface area contributed by atoms with E-state index in [2.05, 4.69) is 10.3 Å². The third-order valence-corrected chi connectivity index (χ3v) is 2.58. The van der Waals surface area contributed by atoms with Crippen molar-refractivity contribution in [3.05, 3.63) is 22.8 Å². The molecule has 2 unspecified atom stereocenters. The van der Waals surface area contributed by atoms with Crippen molar-refractivity contribution in [2.45, 2.75) is 25.2 Å². The first-order valence-corrected chi connectivity index (χ1v) is 5.50. The summed E-state index contributed by atoms with van der Waals surface area (Å²) in [6.07, 6.45) is -4.54. The predicted octanol–water partition coefficient (Wildman–Crippen LogP) is 1.87. The van der Waals surface area contributed by atoms with Gasteiger partial charge in [-0.3, -0.25) is 0 Å². The Kier molecular flexibility index (Phi) is 4.78. The monoisotopic (exact) mass is 283 g/mol. The Labute approximate surface area is 107 Å². The van der Waals surface area contributed by atoms with Crippen molar-refractivity contribution >= 4 is 17.4 Å². The third kappa shape index (κ3) is 4.01. The van der Waals surface area contributed by atoms with Gasteiger partial charge in [0.25, 0.3) is 0 Å². The fourth-order valence-corrected chi connectivity index (χ4v) is 1.34. The van der Waals surface area contributed by atoms with Gasteiger partial charge >= 0.3 is 6.18 Å². The Morgan fingerprint density at radius 3 is 2.61 bits per heavy atom. The van der Waals surface area contributed by atoms with Crippen LogP contribution >= 0.6 is 11.6 Å². The van der Waals surface area contributed by atoms with Gasteiger partial charge < -0.3 is 16.2 Å². The van der Waals surface area contributed by atoms with Crippen molar-refractivity contribution in [1.29, 1.82) is 0 Å². The van der Waals surface area contributed by atoms with E-state index in [0.717, 1.165) is 6.07 Å². The highest BCUT2D eigenvalue weighted by Gasteiger charge is 2.31. The number of aromatic nitrogens is 1. The van der Waals surface area contributed by atoms with Gasteiger partial charge in [0.15, 0.2) is 0 Å². The van der Waals surface area contributed by atoms with E-state index < -0.39 is 23.9 Å². The van der Waals surface area contributed by atoms with Gasteiger partial charge in [0.05, 0.1) is 16.7 Å². The number of pyridine rings is 1. The molecule has 1 aromatic heterocycles. The van der Waals surface area contributed by atoms with Crippen LogP contribution in [-0.4, -0.2) is 28.8 Å². The van der Waals surface area contributed by atoms with Crippen LogP contribution in [0.3, 0.4) is 0 Å². The van der Waals surface area contributed by atoms with Crippen LogP contribution in [0.25, 0.3) is 0 Å². The summed E-state index contributed by atoms with van der Waals surface area (Å²) >= 11 is 5.67. The normalized spacial score (nSPS) is 15.3. The minimum absolute atomic E-state index is 0.0979. The molecule has 102 valence electrons. The zero-order valence-corrected chi connectivity index (χ0v) is 10.3. The fraction of sp³-hybridized carbons (Fsp3) is 0.500. The molecule has 1 aromatic rings. The smallest absolute Gasteiger partial charge is 0.392 e. The average Bonchev–Trinajstić information content (AvgIpc) is 2.25. The number of rotatable bonds is 4. The van der Waals surface area contributed by atoms with Crippen molar-refractivity contribution in [2.24, 2.45) is 5.73 Å². The van der Waals surface area contributed by atoms with Gasteiger partial charge in [-0.2, -0.15) is 13.2 Å². The number of nitrogens with one attached hydrogen (secondary N) is 1. The molecule has 0 aromatic carbocycles. The quantitative estimate of drug-likeness (QED) is 0.789. The molecule has 2 atom stereocenters. The number of aliphatic hydroxyl groups is 1. The highest BCUT2D eigenvalue weighted by molar-refractivity contribution is 6.32. The number of anilines is 1. The SMILES string of the molecule is CC(O)C(N)CNc1ncc(C(F)(F)F)cc1Cl. The van der Waals surface area contributed by atoms with Crippen molar-refractivity contribution < 1.29 is 18.3 Å². The van der Waals surface area contributed by atoms with Gasteiger partial charge in [-0.05, 0) is 13.0 Å². The Hall–Kier alpha value is -1.05. The number of alkyl halides is 3. The van der Waals surface area contributed by atoms with E-state index in [-0.39, 0.29) is 17.4 Å². The van der Waals surface area contributed by atoms with E-state index in [1.807, 2.05) is 0 Å². The Morgan fingerprint density at radius 2 is 2.17 bits per heavy atom. The highest BCUT2D eigenvalue weighted by atomic mass is 35.5. The number of hydrogen-bond acceptors (Lipinski definition) is 4. The minimum Gasteiger partial charge on any atom is -0.392 e. The Balaban J connectivity index is 2.75. The first kappa shape index (κ1) is 15.0. The lowest BCUT2D eigenvalue weighted by atomic mass is 10.2. The van der Waals surface area contributed by atoms with Crippen LogP contribution < -0.4 is 11.1 Å². The highest BCUT2D eigenvalue weighted by Crippen LogP contribution is 2.32. The van der Waals surface area contributed by atoms with E-state index in [9.17, 15) is 13.2 Å². The molecule has 4 N–H and O–H groups in total. The molecule has 0 fully saturated rings. The topological polar surface area (TPSA) is 71.2 Å². The molecule has 1 heterocycles. The number of nitrogens with zero attached hydrogens (tertiary/aromatic N) is 1. The fourth-order valence-electron chi connectivity index (χ4n) is 1.11. The number of hydrogen-bond donors (Lipinski definition) is 3. The van der Waals surface area contributed by atoms with E-state index in [1.165, 1.54) is 6.92 Å². The van der Waals surface area contributed by atoms with Crippen molar-refractivity contribution in [1.82, 2.24) is 4.98 Å². The number of halogens is 4. The molecule has 0 spiro atoms. The molecule has 18 heavy (non-hydrogen) atoms. The second-order valence-corrected chi connectivity index (χ2v) is 4.24. The zero-order chi connectivity index (χ0) is 13.9. The lowest BCUT2D eigenvalue weighted by molar-refractivity contribution is -0.137. The zero-order valence-electron chi connectivity index (χ0n) is 9.50. The maximum absolute atomic E-state index is 12.3. The standard InChI is InChI=1S/C10H13ClF3N3O/c1-5(18)8(15)4-17-9-7(11)2-6(3-16-9)10(12,13)14/h2-3,5,8,18H,4,15H2,1H3,(H,16,17). The van der Waals surface area contributed by atoms with Crippen LogP contribution in [0.15, 0.2) is 12.3 Å². The predicted molar refractivity (Wildman–Crippen MR) is 62.4 cm³/mol. The van der Waals surface area contributed by atoms with Gasteiger partial charge in [-0.25, -0.2) is 4.98 Å². The summed E-state index contributed by atoms with van der Waals surface area (Å²) in [4.78, 5) is 3.58. The first-order valence-electron chi connectivity index (χ1n) is 5.12. The van der Waals surface area contributed by atoms with Gasteiger partial charge in [0.2, 0.25) is 0 Å². The summed E-state index contributed by atoms with van der Waals surface area (Å²) in [5, 5.41) is 11.7. The molecule has 0 amide bonds. The van der Waals surface area contributed by atoms with E-state index in [1.54, 1.807) is 0 Å². The number of aliphatic hydroxyl groups excluding tert-OH is 1. The Bertz CT molecular complexity index is 412. The minimum atomic E-state index is -4.48. The maximum atomic E-state index is 12.3. The molecule has 0 aliphatic rings. The van der Waals surface area contributed by atoms with E-state index in [0.29, 0.717) is 6.20 Å². The van der Waals surface area contributed by atoms with Crippen molar-refractivity contribution in [3.8, 4) is 0 Å². The second kappa shape index (κ2) is 5.73. The molecule has 4 nitrogen and oxygen atoms in total. The molecule has 1 rings (SSSR count).